The number of benzene rings is 2. The second-order valence-electron chi connectivity index (χ2n) is 7.83. The molecule has 2 aromatic carbocycles. The van der Waals surface area contributed by atoms with E-state index in [4.69, 9.17) is 12.2 Å². The fraction of sp³-hybridized carbons (Fsp3) is 0.435. The first-order valence-electron chi connectivity index (χ1n) is 10.1. The van der Waals surface area contributed by atoms with Crippen molar-refractivity contribution in [1.29, 1.82) is 0 Å². The van der Waals surface area contributed by atoms with Crippen LogP contribution in [0.15, 0.2) is 48.5 Å². The highest BCUT2D eigenvalue weighted by Gasteiger charge is 2.28. The van der Waals surface area contributed by atoms with Gasteiger partial charge in [-0.3, -0.25) is 4.90 Å². The molecule has 1 heterocycles. The van der Waals surface area contributed by atoms with Crippen molar-refractivity contribution in [2.24, 2.45) is 0 Å². The third kappa shape index (κ3) is 5.10. The summed E-state index contributed by atoms with van der Waals surface area (Å²) in [7, 11) is 2.19. The Bertz CT molecular complexity index is 784. The Morgan fingerprint density at radius 2 is 1.64 bits per heavy atom. The van der Waals surface area contributed by atoms with Crippen LogP contribution in [0.3, 0.4) is 0 Å². The van der Waals surface area contributed by atoms with Gasteiger partial charge in [-0.05, 0) is 62.8 Å². The molecule has 0 radical (unpaired) electrons. The zero-order valence-corrected chi connectivity index (χ0v) is 18.2. The Morgan fingerprint density at radius 1 is 0.964 bits per heavy atom. The molecule has 0 aromatic heterocycles. The summed E-state index contributed by atoms with van der Waals surface area (Å²) < 4.78 is 0. The number of anilines is 1. The molecular weight excluding hydrogens is 364 g/mol. The highest BCUT2D eigenvalue weighted by molar-refractivity contribution is 7.80. The average Bonchev–Trinajstić information content (AvgIpc) is 2.68. The minimum atomic E-state index is 0.191. The number of thiocarbonyl (C=S) groups is 1. The van der Waals surface area contributed by atoms with Gasteiger partial charge in [-0.15, -0.1) is 0 Å². The smallest absolute Gasteiger partial charge is 0.171 e. The minimum Gasteiger partial charge on any atom is -0.358 e. The van der Waals surface area contributed by atoms with Crippen molar-refractivity contribution < 1.29 is 0 Å². The number of aryl methyl sites for hydroxylation is 1. The summed E-state index contributed by atoms with van der Waals surface area (Å²) in [5.41, 5.74) is 4.90. The van der Waals surface area contributed by atoms with Gasteiger partial charge in [-0.1, -0.05) is 42.5 Å². The van der Waals surface area contributed by atoms with Gasteiger partial charge < -0.3 is 15.5 Å². The molecule has 0 amide bonds. The number of rotatable bonds is 5. The molecular formula is C23H32N4S. The average molecular weight is 397 g/mol. The topological polar surface area (TPSA) is 30.5 Å². The molecule has 1 aliphatic rings. The molecule has 2 N–H and O–H groups in total. The Labute approximate surface area is 174 Å². The number of nitrogens with one attached hydrogen (secondary N) is 2. The molecule has 0 aliphatic carbocycles. The van der Waals surface area contributed by atoms with Crippen LogP contribution in [-0.2, 0) is 0 Å². The predicted molar refractivity (Wildman–Crippen MR) is 123 cm³/mol. The van der Waals surface area contributed by atoms with E-state index in [9.17, 15) is 0 Å². The van der Waals surface area contributed by atoms with E-state index in [0.717, 1.165) is 31.9 Å². The van der Waals surface area contributed by atoms with Crippen LogP contribution >= 0.6 is 12.2 Å². The van der Waals surface area contributed by atoms with Gasteiger partial charge in [-0.2, -0.15) is 0 Å². The summed E-state index contributed by atoms with van der Waals surface area (Å²) in [4.78, 5) is 4.97. The lowest BCUT2D eigenvalue weighted by Crippen LogP contribution is -2.52. The third-order valence-electron chi connectivity index (χ3n) is 5.76. The molecule has 2 aromatic rings. The Balaban J connectivity index is 1.72. The van der Waals surface area contributed by atoms with Gasteiger partial charge in [0.25, 0.3) is 0 Å². The molecule has 2 atom stereocenters. The predicted octanol–water partition coefficient (Wildman–Crippen LogP) is 3.97. The molecule has 150 valence electrons. The molecule has 0 saturated carbocycles. The van der Waals surface area contributed by atoms with E-state index in [-0.39, 0.29) is 12.1 Å². The van der Waals surface area contributed by atoms with E-state index in [1.807, 2.05) is 0 Å². The van der Waals surface area contributed by atoms with Crippen LogP contribution in [0.4, 0.5) is 5.69 Å². The lowest BCUT2D eigenvalue weighted by Gasteiger charge is -2.41. The van der Waals surface area contributed by atoms with Crippen molar-refractivity contribution in [1.82, 2.24) is 15.1 Å². The second-order valence-corrected chi connectivity index (χ2v) is 8.24. The maximum atomic E-state index is 5.66. The lowest BCUT2D eigenvalue weighted by molar-refractivity contribution is 0.0973. The second kappa shape index (κ2) is 9.50. The summed E-state index contributed by atoms with van der Waals surface area (Å²) in [6, 6.07) is 17.5. The molecule has 1 saturated heterocycles. The van der Waals surface area contributed by atoms with Crippen molar-refractivity contribution in [3.05, 3.63) is 65.2 Å². The van der Waals surface area contributed by atoms with Gasteiger partial charge in [0.05, 0.1) is 6.04 Å². The van der Waals surface area contributed by atoms with Gasteiger partial charge in [0.15, 0.2) is 5.11 Å². The number of nitrogens with zero attached hydrogens (tertiary/aromatic N) is 2. The molecule has 0 unspecified atom stereocenters. The van der Waals surface area contributed by atoms with Gasteiger partial charge >= 0.3 is 0 Å². The van der Waals surface area contributed by atoms with E-state index in [2.05, 4.69) is 96.8 Å². The summed E-state index contributed by atoms with van der Waals surface area (Å²) in [5, 5.41) is 7.62. The van der Waals surface area contributed by atoms with Gasteiger partial charge in [0, 0.05) is 37.9 Å². The first-order valence-corrected chi connectivity index (χ1v) is 10.5. The van der Waals surface area contributed by atoms with Crippen LogP contribution in [0.25, 0.3) is 0 Å². The van der Waals surface area contributed by atoms with E-state index < -0.39 is 0 Å². The lowest BCUT2D eigenvalue weighted by atomic mass is 9.98. The van der Waals surface area contributed by atoms with Crippen molar-refractivity contribution in [2.45, 2.75) is 32.9 Å². The number of piperazine rings is 1. The first-order chi connectivity index (χ1) is 13.5. The van der Waals surface area contributed by atoms with Gasteiger partial charge in [0.2, 0.25) is 0 Å². The third-order valence-corrected chi connectivity index (χ3v) is 5.98. The van der Waals surface area contributed by atoms with Crippen LogP contribution in [0.5, 0.6) is 0 Å². The van der Waals surface area contributed by atoms with E-state index >= 15 is 0 Å². The fourth-order valence-corrected chi connectivity index (χ4v) is 4.19. The van der Waals surface area contributed by atoms with E-state index in [1.54, 1.807) is 0 Å². The zero-order chi connectivity index (χ0) is 20.1. The van der Waals surface area contributed by atoms with Crippen LogP contribution < -0.4 is 10.6 Å². The SMILES string of the molecule is Cc1cccc(NC(=S)N[C@@H](C)[C@@H](c2ccccc2)N2CCN(C)CC2)c1C. The maximum Gasteiger partial charge on any atom is 0.171 e. The molecule has 1 aliphatic heterocycles. The minimum absolute atomic E-state index is 0.191. The molecule has 5 heteroatoms. The molecule has 3 rings (SSSR count). The maximum absolute atomic E-state index is 5.66. The summed E-state index contributed by atoms with van der Waals surface area (Å²) >= 11 is 5.66. The van der Waals surface area contributed by atoms with Crippen molar-refractivity contribution >= 4 is 23.0 Å². The Morgan fingerprint density at radius 3 is 2.32 bits per heavy atom. The highest BCUT2D eigenvalue weighted by Crippen LogP contribution is 2.26. The zero-order valence-electron chi connectivity index (χ0n) is 17.4. The Kier molecular flexibility index (Phi) is 7.05. The van der Waals surface area contributed by atoms with Crippen LogP contribution in [0.2, 0.25) is 0 Å². The van der Waals surface area contributed by atoms with Gasteiger partial charge in [-0.25, -0.2) is 0 Å². The summed E-state index contributed by atoms with van der Waals surface area (Å²) in [6.45, 7) is 10.8. The van der Waals surface area contributed by atoms with E-state index in [1.165, 1.54) is 16.7 Å². The monoisotopic (exact) mass is 396 g/mol. The number of likely N-dealkylation sites (N-methyl/N-ethyl adjacent to an activating group) is 1. The van der Waals surface area contributed by atoms with Crippen molar-refractivity contribution in [3.63, 3.8) is 0 Å². The van der Waals surface area contributed by atoms with Gasteiger partial charge in [0.1, 0.15) is 0 Å². The number of hydrogen-bond acceptors (Lipinski definition) is 3. The van der Waals surface area contributed by atoms with Crippen molar-refractivity contribution in [3.8, 4) is 0 Å². The molecule has 0 spiro atoms. The molecule has 28 heavy (non-hydrogen) atoms. The van der Waals surface area contributed by atoms with Crippen LogP contribution in [0.1, 0.15) is 29.7 Å². The first kappa shape index (κ1) is 20.8. The largest absolute Gasteiger partial charge is 0.358 e. The summed E-state index contributed by atoms with van der Waals surface area (Å²) in [6.07, 6.45) is 0. The highest BCUT2D eigenvalue weighted by atomic mass is 32.1. The Hall–Kier alpha value is -1.95. The fourth-order valence-electron chi connectivity index (χ4n) is 3.90. The molecule has 0 bridgehead atoms. The van der Waals surface area contributed by atoms with Crippen molar-refractivity contribution in [2.75, 3.05) is 38.5 Å². The quantitative estimate of drug-likeness (QED) is 0.747. The molecule has 4 nitrogen and oxygen atoms in total. The number of hydrogen-bond donors (Lipinski definition) is 2. The molecule has 1 fully saturated rings. The summed E-state index contributed by atoms with van der Waals surface area (Å²) in [5.74, 6) is 0. The van der Waals surface area contributed by atoms with Crippen LogP contribution in [0, 0.1) is 13.8 Å². The van der Waals surface area contributed by atoms with Crippen LogP contribution in [-0.4, -0.2) is 54.2 Å². The normalized spacial score (nSPS) is 17.7. The standard InChI is InChI=1S/C23H32N4S/c1-17-9-8-12-21(18(17)2)25-23(28)24-19(3)22(20-10-6-5-7-11-20)27-15-13-26(4)14-16-27/h5-12,19,22H,13-16H2,1-4H3,(H2,24,25,28)/t19-,22-/m0/s1. The van der Waals surface area contributed by atoms with E-state index in [0.29, 0.717) is 5.11 Å².